The fraction of sp³-hybridized carbons (Fsp3) is 0. The van der Waals surface area contributed by atoms with Crippen molar-refractivity contribution in [2.24, 2.45) is 0 Å². The summed E-state index contributed by atoms with van der Waals surface area (Å²) in [4.78, 5) is 26.8. The molecular weight excluding hydrogens is 242 g/mol. The van der Waals surface area contributed by atoms with Gasteiger partial charge in [0.15, 0.2) is 0 Å². The van der Waals surface area contributed by atoms with Gasteiger partial charge in [-0.25, -0.2) is 0 Å². The summed E-state index contributed by atoms with van der Waals surface area (Å²) in [7, 11) is 0. The van der Waals surface area contributed by atoms with Crippen LogP contribution in [-0.2, 0) is 50.8 Å². The maximum absolute atomic E-state index is 8.92. The first-order valence-electron chi connectivity index (χ1n) is 0.730. The summed E-state index contributed by atoms with van der Waals surface area (Å²) in [5.41, 5.74) is 0. The molecule has 0 heterocycles. The first kappa shape index (κ1) is 15.9. The Morgan fingerprint density at radius 2 is 1.00 bits per heavy atom. The van der Waals surface area contributed by atoms with E-state index >= 15 is 0 Å². The summed E-state index contributed by atoms with van der Waals surface area (Å²) < 4.78 is 0. The van der Waals surface area contributed by atoms with E-state index < -0.39 is 6.72 Å². The van der Waals surface area contributed by atoms with Gasteiger partial charge < -0.3 is 21.4 Å². The molecule has 0 N–H and O–H groups in total. The molecule has 7 heavy (non-hydrogen) atoms. The SMILES string of the molecule is [O-]P([O-])([O-])=S.[Zn+2].[Zn+2]. The Balaban J connectivity index is -0.0000000800. The van der Waals surface area contributed by atoms with Crippen molar-refractivity contribution in [3.63, 3.8) is 0 Å². The molecule has 7 heteroatoms. The van der Waals surface area contributed by atoms with E-state index in [1.807, 2.05) is 0 Å². The normalized spacial score (nSPS) is 8.43. The molecule has 0 radical (unpaired) electrons. The predicted octanol–water partition coefficient (Wildman–Crippen LogP) is -2.71. The van der Waals surface area contributed by atoms with Gasteiger partial charge in [0.2, 0.25) is 0 Å². The zero-order valence-electron chi connectivity index (χ0n) is 3.49. The van der Waals surface area contributed by atoms with E-state index in [1.165, 1.54) is 0 Å². The molecule has 0 unspecified atom stereocenters. The van der Waals surface area contributed by atoms with E-state index in [2.05, 4.69) is 11.8 Å². The summed E-state index contributed by atoms with van der Waals surface area (Å²) in [6.07, 6.45) is 0. The predicted molar refractivity (Wildman–Crippen MR) is 14.3 cm³/mol. The second-order valence-electron chi connectivity index (χ2n) is 0.447. The molecule has 0 fully saturated rings. The summed E-state index contributed by atoms with van der Waals surface area (Å²) in [6, 6.07) is 0. The van der Waals surface area contributed by atoms with Crippen LogP contribution in [-0.4, -0.2) is 0 Å². The molecule has 0 bridgehead atoms. The number of hydrogen-bond donors (Lipinski definition) is 0. The molecule has 0 spiro atoms. The van der Waals surface area contributed by atoms with Crippen molar-refractivity contribution in [1.82, 2.24) is 0 Å². The summed E-state index contributed by atoms with van der Waals surface area (Å²) in [5.74, 6) is 0. The molecule has 0 aromatic rings. The smallest absolute Gasteiger partial charge is 0.844 e. The Kier molecular flexibility index (Phi) is 13.4. The van der Waals surface area contributed by atoms with Gasteiger partial charge in [-0.2, -0.15) is 11.8 Å². The quantitative estimate of drug-likeness (QED) is 0.342. The number of hydrogen-bond acceptors (Lipinski definition) is 4. The Hall–Kier alpha value is 1.78. The van der Waals surface area contributed by atoms with Crippen LogP contribution in [0.5, 0.6) is 0 Å². The van der Waals surface area contributed by atoms with Crippen LogP contribution in [0, 0.1) is 0 Å². The Morgan fingerprint density at radius 1 is 1.00 bits per heavy atom. The molecule has 0 aromatic heterocycles. The van der Waals surface area contributed by atoms with Crippen LogP contribution in [0.4, 0.5) is 0 Å². The first-order valence-corrected chi connectivity index (χ1v) is 3.29. The van der Waals surface area contributed by atoms with Crippen LogP contribution in [0.25, 0.3) is 0 Å². The monoisotopic (exact) mass is 239 g/mol. The molecule has 0 aliphatic heterocycles. The molecule has 0 aliphatic rings. The van der Waals surface area contributed by atoms with E-state index in [4.69, 9.17) is 14.7 Å². The van der Waals surface area contributed by atoms with E-state index in [0.29, 0.717) is 0 Å². The summed E-state index contributed by atoms with van der Waals surface area (Å²) >= 11 is 3.27. The maximum Gasteiger partial charge on any atom is 2.00 e. The van der Waals surface area contributed by atoms with E-state index in [-0.39, 0.29) is 39.0 Å². The molecule has 0 atom stereocenters. The van der Waals surface area contributed by atoms with E-state index in [9.17, 15) is 0 Å². The van der Waals surface area contributed by atoms with Gasteiger partial charge in [-0.05, 0) is 0 Å². The van der Waals surface area contributed by atoms with Crippen LogP contribution in [0.1, 0.15) is 0 Å². The van der Waals surface area contributed by atoms with Crippen molar-refractivity contribution in [3.05, 3.63) is 0 Å². The molecular formula is O3PSZn2+. The zero-order valence-corrected chi connectivity index (χ0v) is 11.1. The third kappa shape index (κ3) is 82.2. The zero-order chi connectivity index (χ0) is 4.50. The summed E-state index contributed by atoms with van der Waals surface area (Å²) in [5, 5.41) is 0. The number of rotatable bonds is 0. The first-order chi connectivity index (χ1) is 2.00. The molecule has 3 nitrogen and oxygen atoms in total. The molecule has 0 saturated heterocycles. The van der Waals surface area contributed by atoms with Gasteiger partial charge in [-0.3, -0.25) is 0 Å². The summed E-state index contributed by atoms with van der Waals surface area (Å²) in [6.45, 7) is -4.56. The maximum atomic E-state index is 8.92. The van der Waals surface area contributed by atoms with E-state index in [1.54, 1.807) is 0 Å². The molecule has 0 saturated carbocycles. The van der Waals surface area contributed by atoms with Gasteiger partial charge in [0.05, 0.1) is 0 Å². The van der Waals surface area contributed by atoms with Gasteiger partial charge >= 0.3 is 39.0 Å². The molecule has 0 aromatic carbocycles. The van der Waals surface area contributed by atoms with Crippen LogP contribution in [0.2, 0.25) is 0 Å². The van der Waals surface area contributed by atoms with Crippen molar-refractivity contribution in [2.45, 2.75) is 0 Å². The molecule has 0 amide bonds. The standard InChI is InChI=1S/H3O3PS.2Zn/c1-4(2,3)5;;/h(H3,1,2,3,5);;/q;2*+2/p-3. The average Bonchev–Trinajstić information content (AvgIpc) is 0.722. The van der Waals surface area contributed by atoms with Crippen molar-refractivity contribution in [1.29, 1.82) is 0 Å². The van der Waals surface area contributed by atoms with Crippen molar-refractivity contribution < 1.29 is 53.6 Å². The van der Waals surface area contributed by atoms with Gasteiger partial charge in [0, 0.05) is 0 Å². The van der Waals surface area contributed by atoms with Gasteiger partial charge in [-0.1, -0.05) is 0 Å². The Labute approximate surface area is 71.9 Å². The van der Waals surface area contributed by atoms with Gasteiger partial charge in [-0.15, -0.1) is 0 Å². The fourth-order valence-electron chi connectivity index (χ4n) is 0. The molecule has 32 valence electrons. The van der Waals surface area contributed by atoms with Gasteiger partial charge in [0.1, 0.15) is 0 Å². The van der Waals surface area contributed by atoms with Crippen molar-refractivity contribution in [3.8, 4) is 0 Å². The minimum Gasteiger partial charge on any atom is -0.844 e. The second kappa shape index (κ2) is 5.91. The topological polar surface area (TPSA) is 69.2 Å². The fourth-order valence-corrected chi connectivity index (χ4v) is 0. The van der Waals surface area contributed by atoms with E-state index in [0.717, 1.165) is 0 Å². The minimum atomic E-state index is -4.56. The van der Waals surface area contributed by atoms with Crippen molar-refractivity contribution >= 4 is 18.5 Å². The third-order valence-electron chi connectivity index (χ3n) is 0. The Bertz CT molecular complexity index is 59.1. The van der Waals surface area contributed by atoms with Crippen molar-refractivity contribution in [2.75, 3.05) is 0 Å². The largest absolute Gasteiger partial charge is 2.00 e. The van der Waals surface area contributed by atoms with Crippen LogP contribution in [0.15, 0.2) is 0 Å². The van der Waals surface area contributed by atoms with Gasteiger partial charge in [0.25, 0.3) is 0 Å². The minimum absolute atomic E-state index is 0. The molecule has 0 aliphatic carbocycles. The van der Waals surface area contributed by atoms with Crippen LogP contribution in [0.3, 0.4) is 0 Å². The van der Waals surface area contributed by atoms with Crippen LogP contribution >= 0.6 is 6.72 Å². The second-order valence-corrected chi connectivity index (χ2v) is 2.68. The molecule has 0 rings (SSSR count). The average molecular weight is 242 g/mol. The van der Waals surface area contributed by atoms with Crippen LogP contribution < -0.4 is 14.7 Å². The third-order valence-corrected chi connectivity index (χ3v) is 0. The Morgan fingerprint density at radius 3 is 1.00 bits per heavy atom.